The molecule has 1 fully saturated rings. The van der Waals surface area contributed by atoms with Gasteiger partial charge in [0.2, 0.25) is 0 Å². The lowest BCUT2D eigenvalue weighted by Crippen LogP contribution is -2.45. The summed E-state index contributed by atoms with van der Waals surface area (Å²) in [6.45, 7) is 0.691. The second-order valence-corrected chi connectivity index (χ2v) is 6.90. The highest BCUT2D eigenvalue weighted by Gasteiger charge is 2.33. The summed E-state index contributed by atoms with van der Waals surface area (Å²) in [5.41, 5.74) is -0.421. The Kier molecular flexibility index (Phi) is 5.88. The van der Waals surface area contributed by atoms with Gasteiger partial charge in [-0.1, -0.05) is 12.1 Å². The molecule has 1 heterocycles. The molecule has 1 amide bonds. The van der Waals surface area contributed by atoms with E-state index in [0.717, 1.165) is 19.3 Å². The molecule has 3 rings (SSSR count). The molecule has 1 aliphatic carbocycles. The summed E-state index contributed by atoms with van der Waals surface area (Å²) in [7, 11) is 0. The number of nitrogens with one attached hydrogen (secondary N) is 2. The highest BCUT2D eigenvalue weighted by molar-refractivity contribution is 5.93. The van der Waals surface area contributed by atoms with Crippen LogP contribution in [0.2, 0.25) is 0 Å². The molecule has 6 nitrogen and oxygen atoms in total. The Balaban J connectivity index is 1.38. The zero-order valence-corrected chi connectivity index (χ0v) is 14.6. The van der Waals surface area contributed by atoms with E-state index in [-0.39, 0.29) is 24.0 Å². The molecule has 3 N–H and O–H groups in total. The molecule has 0 saturated heterocycles. The van der Waals surface area contributed by atoms with Gasteiger partial charge in [-0.15, -0.1) is 0 Å². The van der Waals surface area contributed by atoms with Crippen molar-refractivity contribution in [3.05, 3.63) is 48.0 Å². The number of ether oxygens (including phenoxy) is 1. The maximum atomic E-state index is 13.5. The molecule has 1 aromatic carbocycles. The SMILES string of the molecule is O=C(NC[C@]1(O)CC[C@H](CCOc2ccccc2F)CC1)c1cn[nH]c1. The van der Waals surface area contributed by atoms with Gasteiger partial charge in [-0.05, 0) is 50.2 Å². The van der Waals surface area contributed by atoms with Crippen molar-refractivity contribution in [3.63, 3.8) is 0 Å². The maximum Gasteiger partial charge on any atom is 0.254 e. The number of aromatic amines is 1. The number of nitrogens with zero attached hydrogens (tertiary/aromatic N) is 1. The molecule has 140 valence electrons. The fourth-order valence-corrected chi connectivity index (χ4v) is 3.30. The van der Waals surface area contributed by atoms with Crippen LogP contribution < -0.4 is 10.1 Å². The molecule has 1 aliphatic rings. The second kappa shape index (κ2) is 8.31. The molecule has 7 heteroatoms. The molecule has 1 aromatic heterocycles. The molecule has 1 saturated carbocycles. The normalized spacial score (nSPS) is 22.8. The summed E-state index contributed by atoms with van der Waals surface area (Å²) >= 11 is 0. The van der Waals surface area contributed by atoms with Gasteiger partial charge in [0.1, 0.15) is 0 Å². The average molecular weight is 361 g/mol. The summed E-state index contributed by atoms with van der Waals surface area (Å²) in [4.78, 5) is 11.9. The minimum atomic E-state index is -0.873. The first-order chi connectivity index (χ1) is 12.6. The van der Waals surface area contributed by atoms with E-state index in [1.54, 1.807) is 18.2 Å². The Morgan fingerprint density at radius 1 is 1.38 bits per heavy atom. The molecule has 0 spiro atoms. The lowest BCUT2D eigenvalue weighted by Gasteiger charge is -2.36. The van der Waals surface area contributed by atoms with Crippen molar-refractivity contribution in [1.82, 2.24) is 15.5 Å². The highest BCUT2D eigenvalue weighted by Crippen LogP contribution is 2.33. The van der Waals surface area contributed by atoms with Crippen LogP contribution in [0.15, 0.2) is 36.7 Å². The molecule has 0 aliphatic heterocycles. The van der Waals surface area contributed by atoms with Crippen LogP contribution in [0.1, 0.15) is 42.5 Å². The Hall–Kier alpha value is -2.41. The average Bonchev–Trinajstić information content (AvgIpc) is 3.18. The van der Waals surface area contributed by atoms with Crippen molar-refractivity contribution in [1.29, 1.82) is 0 Å². The minimum Gasteiger partial charge on any atom is -0.491 e. The smallest absolute Gasteiger partial charge is 0.254 e. The first-order valence-corrected chi connectivity index (χ1v) is 8.92. The topological polar surface area (TPSA) is 87.2 Å². The second-order valence-electron chi connectivity index (χ2n) is 6.90. The van der Waals surface area contributed by atoms with Gasteiger partial charge >= 0.3 is 0 Å². The van der Waals surface area contributed by atoms with Gasteiger partial charge in [0.05, 0.1) is 24.0 Å². The number of aromatic nitrogens is 2. The number of hydrogen-bond acceptors (Lipinski definition) is 4. The van der Waals surface area contributed by atoms with Crippen LogP contribution in [0.3, 0.4) is 0 Å². The van der Waals surface area contributed by atoms with Crippen LogP contribution in [0.5, 0.6) is 5.75 Å². The van der Waals surface area contributed by atoms with Gasteiger partial charge in [0.25, 0.3) is 5.91 Å². The number of hydrogen-bond donors (Lipinski definition) is 3. The third-order valence-corrected chi connectivity index (χ3v) is 4.99. The number of carbonyl (C=O) groups is 1. The van der Waals surface area contributed by atoms with E-state index < -0.39 is 5.60 Å². The Morgan fingerprint density at radius 3 is 2.85 bits per heavy atom. The van der Waals surface area contributed by atoms with Crippen molar-refractivity contribution in [2.45, 2.75) is 37.7 Å². The molecular weight excluding hydrogens is 337 g/mol. The van der Waals surface area contributed by atoms with Crippen LogP contribution in [0.4, 0.5) is 4.39 Å². The van der Waals surface area contributed by atoms with Crippen LogP contribution in [0, 0.1) is 11.7 Å². The standard InChI is InChI=1S/C19H24FN3O3/c20-16-3-1-2-4-17(16)26-10-7-14-5-8-19(25,9-6-14)13-21-18(24)15-11-22-23-12-15/h1-4,11-12,14,25H,5-10,13H2,(H,21,24)(H,22,23)/t14-,19-. The highest BCUT2D eigenvalue weighted by atomic mass is 19.1. The predicted molar refractivity (Wildman–Crippen MR) is 94.3 cm³/mol. The summed E-state index contributed by atoms with van der Waals surface area (Å²) in [5.74, 6) is 0.125. The number of carbonyl (C=O) groups excluding carboxylic acids is 1. The zero-order valence-electron chi connectivity index (χ0n) is 14.6. The van der Waals surface area contributed by atoms with Crippen LogP contribution in [-0.4, -0.2) is 40.0 Å². The van der Waals surface area contributed by atoms with E-state index in [4.69, 9.17) is 4.74 Å². The fourth-order valence-electron chi connectivity index (χ4n) is 3.30. The largest absolute Gasteiger partial charge is 0.491 e. The molecular formula is C19H24FN3O3. The van der Waals surface area contributed by atoms with E-state index in [1.807, 2.05) is 0 Å². The number of halogens is 1. The van der Waals surface area contributed by atoms with Crippen molar-refractivity contribution in [3.8, 4) is 5.75 Å². The zero-order chi connectivity index (χ0) is 18.4. The van der Waals surface area contributed by atoms with E-state index in [9.17, 15) is 14.3 Å². The molecule has 26 heavy (non-hydrogen) atoms. The van der Waals surface area contributed by atoms with Gasteiger partial charge in [-0.25, -0.2) is 4.39 Å². The van der Waals surface area contributed by atoms with Crippen LogP contribution in [0.25, 0.3) is 0 Å². The van der Waals surface area contributed by atoms with E-state index in [0.29, 0.717) is 30.9 Å². The summed E-state index contributed by atoms with van der Waals surface area (Å²) in [5, 5.41) is 19.7. The predicted octanol–water partition coefficient (Wildman–Crippen LogP) is 2.67. The van der Waals surface area contributed by atoms with Gasteiger partial charge in [-0.3, -0.25) is 9.89 Å². The molecule has 0 atom stereocenters. The summed E-state index contributed by atoms with van der Waals surface area (Å²) < 4.78 is 19.0. The number of rotatable bonds is 7. The quantitative estimate of drug-likeness (QED) is 0.708. The number of para-hydroxylation sites is 1. The fraction of sp³-hybridized carbons (Fsp3) is 0.474. The maximum absolute atomic E-state index is 13.5. The van der Waals surface area contributed by atoms with Crippen LogP contribution in [-0.2, 0) is 0 Å². The van der Waals surface area contributed by atoms with Gasteiger partial charge in [0, 0.05) is 12.7 Å². The monoisotopic (exact) mass is 361 g/mol. The number of benzene rings is 1. The van der Waals surface area contributed by atoms with Crippen molar-refractivity contribution in [2.24, 2.45) is 5.92 Å². The lowest BCUT2D eigenvalue weighted by atomic mass is 9.77. The summed E-state index contributed by atoms with van der Waals surface area (Å²) in [6, 6.07) is 6.39. The Morgan fingerprint density at radius 2 is 2.15 bits per heavy atom. The third kappa shape index (κ3) is 4.82. The minimum absolute atomic E-state index is 0.232. The van der Waals surface area contributed by atoms with E-state index in [2.05, 4.69) is 15.5 Å². The Bertz CT molecular complexity index is 713. The van der Waals surface area contributed by atoms with Crippen molar-refractivity contribution in [2.75, 3.05) is 13.2 Å². The van der Waals surface area contributed by atoms with E-state index in [1.165, 1.54) is 18.5 Å². The molecule has 2 aromatic rings. The van der Waals surface area contributed by atoms with Crippen molar-refractivity contribution >= 4 is 5.91 Å². The number of H-pyrrole nitrogens is 1. The molecule has 0 bridgehead atoms. The van der Waals surface area contributed by atoms with Gasteiger partial charge in [0.15, 0.2) is 11.6 Å². The van der Waals surface area contributed by atoms with Gasteiger partial charge < -0.3 is 15.2 Å². The van der Waals surface area contributed by atoms with Crippen LogP contribution >= 0.6 is 0 Å². The number of aliphatic hydroxyl groups is 1. The molecule has 0 radical (unpaired) electrons. The first-order valence-electron chi connectivity index (χ1n) is 8.92. The lowest BCUT2D eigenvalue weighted by molar-refractivity contribution is -0.00980. The first kappa shape index (κ1) is 18.4. The van der Waals surface area contributed by atoms with Gasteiger partial charge in [-0.2, -0.15) is 5.10 Å². The number of amides is 1. The molecule has 0 unspecified atom stereocenters. The van der Waals surface area contributed by atoms with Crippen molar-refractivity contribution < 1.29 is 19.0 Å². The summed E-state index contributed by atoms with van der Waals surface area (Å²) in [6.07, 6.45) is 6.77. The van der Waals surface area contributed by atoms with E-state index >= 15 is 0 Å². The third-order valence-electron chi connectivity index (χ3n) is 4.99. The Labute approximate surface area is 151 Å².